The van der Waals surface area contributed by atoms with Gasteiger partial charge in [0.1, 0.15) is 5.82 Å². The van der Waals surface area contributed by atoms with Gasteiger partial charge in [-0.25, -0.2) is 14.4 Å². The Morgan fingerprint density at radius 1 is 0.839 bits per heavy atom. The zero-order valence-corrected chi connectivity index (χ0v) is 17.6. The van der Waals surface area contributed by atoms with Crippen molar-refractivity contribution in [1.82, 2.24) is 15.0 Å². The molecule has 2 aromatic heterocycles. The number of nitrogens with zero attached hydrogens (tertiary/aromatic N) is 5. The van der Waals surface area contributed by atoms with Gasteiger partial charge in [0, 0.05) is 61.1 Å². The molecule has 5 rings (SSSR count). The third-order valence-corrected chi connectivity index (χ3v) is 5.82. The SMILES string of the molecule is Fc1ccc(Cc2ccnc(N3CCN(c4ccnc5cc(Cl)ccc45)CC3)n2)cc1. The van der Waals surface area contributed by atoms with Crippen LogP contribution in [-0.2, 0) is 6.42 Å². The van der Waals surface area contributed by atoms with Gasteiger partial charge in [0.15, 0.2) is 0 Å². The minimum atomic E-state index is -0.227. The van der Waals surface area contributed by atoms with Gasteiger partial charge >= 0.3 is 0 Å². The molecule has 0 spiro atoms. The molecule has 1 saturated heterocycles. The van der Waals surface area contributed by atoms with Crippen LogP contribution >= 0.6 is 11.6 Å². The van der Waals surface area contributed by atoms with Crippen LogP contribution in [0.15, 0.2) is 67.0 Å². The minimum Gasteiger partial charge on any atom is -0.367 e. The average molecular weight is 434 g/mol. The minimum absolute atomic E-state index is 0.227. The topological polar surface area (TPSA) is 45.2 Å². The van der Waals surface area contributed by atoms with Crippen LogP contribution in [0.3, 0.4) is 0 Å². The number of benzene rings is 2. The molecular weight excluding hydrogens is 413 g/mol. The third-order valence-electron chi connectivity index (χ3n) is 5.58. The summed E-state index contributed by atoms with van der Waals surface area (Å²) in [6, 6.07) is 16.4. The van der Waals surface area contributed by atoms with Gasteiger partial charge in [-0.3, -0.25) is 4.98 Å². The van der Waals surface area contributed by atoms with Gasteiger partial charge in [0.25, 0.3) is 0 Å². The fourth-order valence-electron chi connectivity index (χ4n) is 3.98. The standard InChI is InChI=1S/C24H21ClFN5/c25-18-3-6-21-22(16-18)27-10-8-23(21)30-11-13-31(14-12-30)24-28-9-7-20(29-24)15-17-1-4-19(26)5-2-17/h1-10,16H,11-15H2. The van der Waals surface area contributed by atoms with Gasteiger partial charge in [0.05, 0.1) is 11.2 Å². The van der Waals surface area contributed by atoms with E-state index >= 15 is 0 Å². The third kappa shape index (κ3) is 4.30. The molecule has 3 heterocycles. The normalized spacial score (nSPS) is 14.3. The van der Waals surface area contributed by atoms with Crippen molar-refractivity contribution in [1.29, 1.82) is 0 Å². The Kier molecular flexibility index (Phi) is 5.38. The number of aromatic nitrogens is 3. The van der Waals surface area contributed by atoms with E-state index in [1.54, 1.807) is 18.3 Å². The molecule has 2 aromatic carbocycles. The molecule has 0 atom stereocenters. The summed E-state index contributed by atoms with van der Waals surface area (Å²) in [6.45, 7) is 3.40. The summed E-state index contributed by atoms with van der Waals surface area (Å²) < 4.78 is 13.1. The average Bonchev–Trinajstić information content (AvgIpc) is 2.80. The van der Waals surface area contributed by atoms with E-state index in [4.69, 9.17) is 16.6 Å². The maximum absolute atomic E-state index is 13.1. The Morgan fingerprint density at radius 3 is 2.39 bits per heavy atom. The second-order valence-electron chi connectivity index (χ2n) is 7.62. The summed E-state index contributed by atoms with van der Waals surface area (Å²) in [5, 5.41) is 1.80. The molecule has 0 radical (unpaired) electrons. The first-order chi connectivity index (χ1) is 15.2. The van der Waals surface area contributed by atoms with Crippen molar-refractivity contribution < 1.29 is 4.39 Å². The highest BCUT2D eigenvalue weighted by Gasteiger charge is 2.21. The molecule has 5 nitrogen and oxygen atoms in total. The number of hydrogen-bond acceptors (Lipinski definition) is 5. The van der Waals surface area contributed by atoms with Crippen molar-refractivity contribution in [2.75, 3.05) is 36.0 Å². The van der Waals surface area contributed by atoms with Gasteiger partial charge < -0.3 is 9.80 Å². The van der Waals surface area contributed by atoms with Gasteiger partial charge in [-0.05, 0) is 48.0 Å². The van der Waals surface area contributed by atoms with Crippen LogP contribution in [0.5, 0.6) is 0 Å². The lowest BCUT2D eigenvalue weighted by Gasteiger charge is -2.36. The molecular formula is C24H21ClFN5. The first-order valence-corrected chi connectivity index (χ1v) is 10.6. The first kappa shape index (κ1) is 19.7. The predicted molar refractivity (Wildman–Crippen MR) is 122 cm³/mol. The van der Waals surface area contributed by atoms with E-state index in [9.17, 15) is 4.39 Å². The summed E-state index contributed by atoms with van der Waals surface area (Å²) in [6.07, 6.45) is 4.29. The zero-order valence-electron chi connectivity index (χ0n) is 16.9. The fourth-order valence-corrected chi connectivity index (χ4v) is 4.14. The van der Waals surface area contributed by atoms with Gasteiger partial charge in [0.2, 0.25) is 5.95 Å². The van der Waals surface area contributed by atoms with Crippen molar-refractivity contribution in [3.8, 4) is 0 Å². The monoisotopic (exact) mass is 433 g/mol. The zero-order chi connectivity index (χ0) is 21.2. The van der Waals surface area contributed by atoms with Gasteiger partial charge in [-0.2, -0.15) is 0 Å². The Labute approximate surface area is 185 Å². The van der Waals surface area contributed by atoms with Crippen molar-refractivity contribution >= 4 is 34.1 Å². The van der Waals surface area contributed by atoms with Crippen molar-refractivity contribution in [3.05, 3.63) is 89.1 Å². The molecule has 31 heavy (non-hydrogen) atoms. The number of pyridine rings is 1. The number of anilines is 2. The lowest BCUT2D eigenvalue weighted by molar-refractivity contribution is 0.627. The molecule has 7 heteroatoms. The lowest BCUT2D eigenvalue weighted by atomic mass is 10.1. The molecule has 0 amide bonds. The van der Waals surface area contributed by atoms with E-state index in [2.05, 4.69) is 25.8 Å². The highest BCUT2D eigenvalue weighted by atomic mass is 35.5. The molecule has 0 aliphatic carbocycles. The summed E-state index contributed by atoms with van der Waals surface area (Å²) in [7, 11) is 0. The van der Waals surface area contributed by atoms with E-state index in [-0.39, 0.29) is 5.82 Å². The number of hydrogen-bond donors (Lipinski definition) is 0. The summed E-state index contributed by atoms with van der Waals surface area (Å²) in [5.74, 6) is 0.515. The van der Waals surface area contributed by atoms with Crippen molar-refractivity contribution in [2.24, 2.45) is 0 Å². The van der Waals surface area contributed by atoms with Gasteiger partial charge in [-0.1, -0.05) is 23.7 Å². The molecule has 1 fully saturated rings. The highest BCUT2D eigenvalue weighted by molar-refractivity contribution is 6.31. The summed E-state index contributed by atoms with van der Waals surface area (Å²) in [4.78, 5) is 18.3. The van der Waals surface area contributed by atoms with E-state index in [0.29, 0.717) is 11.4 Å². The molecule has 0 N–H and O–H groups in total. The molecule has 1 aliphatic rings. The van der Waals surface area contributed by atoms with Crippen LogP contribution in [0.2, 0.25) is 5.02 Å². The van der Waals surface area contributed by atoms with E-state index in [1.165, 1.54) is 17.8 Å². The molecule has 0 bridgehead atoms. The quantitative estimate of drug-likeness (QED) is 0.465. The molecule has 0 unspecified atom stereocenters. The molecule has 1 aliphatic heterocycles. The first-order valence-electron chi connectivity index (χ1n) is 10.3. The largest absolute Gasteiger partial charge is 0.367 e. The van der Waals surface area contributed by atoms with Crippen LogP contribution in [0, 0.1) is 5.82 Å². The van der Waals surface area contributed by atoms with Crippen LogP contribution in [-0.4, -0.2) is 41.1 Å². The van der Waals surface area contributed by atoms with Crippen LogP contribution in [0.25, 0.3) is 10.9 Å². The number of rotatable bonds is 4. The highest BCUT2D eigenvalue weighted by Crippen LogP contribution is 2.28. The predicted octanol–water partition coefficient (Wildman–Crippen LogP) is 4.73. The van der Waals surface area contributed by atoms with E-state index in [0.717, 1.165) is 54.3 Å². The van der Waals surface area contributed by atoms with Crippen molar-refractivity contribution in [3.63, 3.8) is 0 Å². The summed E-state index contributed by atoms with van der Waals surface area (Å²) in [5.41, 5.74) is 4.04. The second-order valence-corrected chi connectivity index (χ2v) is 8.05. The smallest absolute Gasteiger partial charge is 0.225 e. The maximum Gasteiger partial charge on any atom is 0.225 e. The van der Waals surface area contributed by atoms with Crippen LogP contribution < -0.4 is 9.80 Å². The van der Waals surface area contributed by atoms with Gasteiger partial charge in [-0.15, -0.1) is 0 Å². The number of piperazine rings is 1. The van der Waals surface area contributed by atoms with E-state index in [1.807, 2.05) is 30.5 Å². The molecule has 156 valence electrons. The van der Waals surface area contributed by atoms with Crippen molar-refractivity contribution in [2.45, 2.75) is 6.42 Å². The lowest BCUT2D eigenvalue weighted by Crippen LogP contribution is -2.47. The maximum atomic E-state index is 13.1. The number of halogens is 2. The van der Waals surface area contributed by atoms with Crippen LogP contribution in [0.4, 0.5) is 16.0 Å². The Balaban J connectivity index is 1.29. The Hall–Kier alpha value is -3.25. The van der Waals surface area contributed by atoms with E-state index < -0.39 is 0 Å². The number of fused-ring (bicyclic) bond motifs is 1. The van der Waals surface area contributed by atoms with Crippen LogP contribution in [0.1, 0.15) is 11.3 Å². The Morgan fingerprint density at radius 2 is 1.58 bits per heavy atom. The molecule has 4 aromatic rings. The Bertz CT molecular complexity index is 1210. The fraction of sp³-hybridized carbons (Fsp3) is 0.208. The second kappa shape index (κ2) is 8.47. The summed E-state index contributed by atoms with van der Waals surface area (Å²) >= 11 is 6.12. The molecule has 0 saturated carbocycles.